The minimum absolute atomic E-state index is 0.00881. The van der Waals surface area contributed by atoms with E-state index < -0.39 is 13.0 Å². The number of terminal acetylenes is 1. The Morgan fingerprint density at radius 3 is 2.71 bits per heavy atom. The molecule has 0 saturated carbocycles. The summed E-state index contributed by atoms with van der Waals surface area (Å²) in [7, 11) is 0. The van der Waals surface area contributed by atoms with Gasteiger partial charge >= 0.3 is 0 Å². The van der Waals surface area contributed by atoms with E-state index in [9.17, 15) is 13.6 Å². The number of hydrogen-bond donors (Lipinski definition) is 0. The third-order valence-electron chi connectivity index (χ3n) is 1.55. The van der Waals surface area contributed by atoms with E-state index in [0.29, 0.717) is 19.3 Å². The van der Waals surface area contributed by atoms with Crippen LogP contribution in [0.4, 0.5) is 8.78 Å². The van der Waals surface area contributed by atoms with Gasteiger partial charge in [0.2, 0.25) is 0 Å². The van der Waals surface area contributed by atoms with E-state index in [1.807, 2.05) is 0 Å². The second kappa shape index (κ2) is 8.64. The van der Waals surface area contributed by atoms with Gasteiger partial charge in [-0.3, -0.25) is 4.79 Å². The molecule has 0 N–H and O–H groups in total. The first-order valence-electron chi connectivity index (χ1n) is 4.48. The number of carbonyl (C=O) groups excluding carboxylic acids is 1. The Morgan fingerprint density at radius 1 is 1.43 bits per heavy atom. The highest BCUT2D eigenvalue weighted by Crippen LogP contribution is 1.99. The number of ether oxygens (including phenoxy) is 1. The molecule has 80 valence electrons. The van der Waals surface area contributed by atoms with Crippen molar-refractivity contribution in [3.05, 3.63) is 0 Å². The SMILES string of the molecule is C#CCCCC(=O)CCOCC(F)F. The van der Waals surface area contributed by atoms with E-state index in [2.05, 4.69) is 10.7 Å². The van der Waals surface area contributed by atoms with E-state index in [0.717, 1.165) is 0 Å². The molecule has 0 aromatic carbocycles. The Kier molecular flexibility index (Phi) is 8.05. The fraction of sp³-hybridized carbons (Fsp3) is 0.700. The Labute approximate surface area is 82.6 Å². The van der Waals surface area contributed by atoms with Crippen molar-refractivity contribution in [1.82, 2.24) is 0 Å². The zero-order valence-electron chi connectivity index (χ0n) is 7.97. The molecule has 4 heteroatoms. The maximum absolute atomic E-state index is 11.6. The lowest BCUT2D eigenvalue weighted by molar-refractivity contribution is -0.120. The van der Waals surface area contributed by atoms with Gasteiger partial charge in [-0.15, -0.1) is 12.3 Å². The molecule has 0 saturated heterocycles. The lowest BCUT2D eigenvalue weighted by Gasteiger charge is -2.02. The topological polar surface area (TPSA) is 26.3 Å². The van der Waals surface area contributed by atoms with Crippen LogP contribution in [0.15, 0.2) is 0 Å². The number of hydrogen-bond acceptors (Lipinski definition) is 2. The normalized spacial score (nSPS) is 10.1. The first-order chi connectivity index (χ1) is 6.66. The van der Waals surface area contributed by atoms with E-state index in [4.69, 9.17) is 6.42 Å². The molecule has 0 rings (SSSR count). The molecule has 0 aromatic rings. The molecule has 0 amide bonds. The first-order valence-corrected chi connectivity index (χ1v) is 4.48. The number of unbranched alkanes of at least 4 members (excludes halogenated alkanes) is 1. The van der Waals surface area contributed by atoms with E-state index in [1.165, 1.54) is 0 Å². The molecule has 0 aliphatic heterocycles. The smallest absolute Gasteiger partial charge is 0.261 e. The fourth-order valence-electron chi connectivity index (χ4n) is 0.871. The van der Waals surface area contributed by atoms with Crippen LogP contribution in [0, 0.1) is 12.3 Å². The molecule has 14 heavy (non-hydrogen) atoms. The molecule has 2 nitrogen and oxygen atoms in total. The summed E-state index contributed by atoms with van der Waals surface area (Å²) < 4.78 is 27.7. The predicted octanol–water partition coefficient (Wildman–Crippen LogP) is 2.03. The zero-order chi connectivity index (χ0) is 10.8. The number of Topliss-reactive ketones (excluding diaryl/α,β-unsaturated/α-hetero) is 1. The highest BCUT2D eigenvalue weighted by atomic mass is 19.3. The van der Waals surface area contributed by atoms with Crippen molar-refractivity contribution in [1.29, 1.82) is 0 Å². The number of rotatable bonds is 8. The molecule has 0 atom stereocenters. The molecule has 0 aliphatic rings. The molecular weight excluding hydrogens is 190 g/mol. The maximum atomic E-state index is 11.6. The lowest BCUT2D eigenvalue weighted by Crippen LogP contribution is -2.09. The van der Waals surface area contributed by atoms with Gasteiger partial charge in [-0.1, -0.05) is 0 Å². The van der Waals surface area contributed by atoms with E-state index in [-0.39, 0.29) is 18.8 Å². The summed E-state index contributed by atoms with van der Waals surface area (Å²) in [5.41, 5.74) is 0. The lowest BCUT2D eigenvalue weighted by atomic mass is 10.1. The minimum Gasteiger partial charge on any atom is -0.375 e. The summed E-state index contributed by atoms with van der Waals surface area (Å²) in [5.74, 6) is 2.43. The number of ketones is 1. The third-order valence-corrected chi connectivity index (χ3v) is 1.55. The molecule has 0 fully saturated rings. The van der Waals surface area contributed by atoms with Crippen molar-refractivity contribution in [3.8, 4) is 12.3 Å². The molecule has 0 aliphatic carbocycles. The van der Waals surface area contributed by atoms with Gasteiger partial charge in [-0.25, -0.2) is 8.78 Å². The van der Waals surface area contributed by atoms with Gasteiger partial charge in [-0.2, -0.15) is 0 Å². The van der Waals surface area contributed by atoms with Crippen LogP contribution in [0.3, 0.4) is 0 Å². The minimum atomic E-state index is -2.47. The molecule has 0 unspecified atom stereocenters. The third kappa shape index (κ3) is 9.14. The molecule has 0 spiro atoms. The highest BCUT2D eigenvalue weighted by molar-refractivity contribution is 5.78. The Hall–Kier alpha value is -0.950. The Bertz CT molecular complexity index is 197. The van der Waals surface area contributed by atoms with Crippen LogP contribution in [0.5, 0.6) is 0 Å². The standard InChI is InChI=1S/C10H14F2O2/c1-2-3-4-5-9(13)6-7-14-8-10(11)12/h1,10H,3-8H2. The van der Waals surface area contributed by atoms with Crippen LogP contribution in [0.2, 0.25) is 0 Å². The van der Waals surface area contributed by atoms with Gasteiger partial charge in [0.05, 0.1) is 6.61 Å². The molecule has 0 radical (unpaired) electrons. The highest BCUT2D eigenvalue weighted by Gasteiger charge is 2.04. The van der Waals surface area contributed by atoms with Crippen molar-refractivity contribution in [2.24, 2.45) is 0 Å². The van der Waals surface area contributed by atoms with Gasteiger partial charge in [0.25, 0.3) is 6.43 Å². The van der Waals surface area contributed by atoms with Crippen molar-refractivity contribution in [2.75, 3.05) is 13.2 Å². The first kappa shape index (κ1) is 13.1. The largest absolute Gasteiger partial charge is 0.375 e. The second-order valence-electron chi connectivity index (χ2n) is 2.81. The molecule has 0 heterocycles. The summed E-state index contributed by atoms with van der Waals surface area (Å²) in [4.78, 5) is 11.0. The summed E-state index contributed by atoms with van der Waals surface area (Å²) >= 11 is 0. The average Bonchev–Trinajstić information content (AvgIpc) is 2.13. The van der Waals surface area contributed by atoms with Gasteiger partial charge in [0, 0.05) is 19.3 Å². The molecule has 0 bridgehead atoms. The number of alkyl halides is 2. The van der Waals surface area contributed by atoms with Crippen molar-refractivity contribution in [2.45, 2.75) is 32.1 Å². The number of halogens is 2. The van der Waals surface area contributed by atoms with Crippen molar-refractivity contribution >= 4 is 5.78 Å². The van der Waals surface area contributed by atoms with Crippen LogP contribution in [0.1, 0.15) is 25.7 Å². The van der Waals surface area contributed by atoms with E-state index in [1.54, 1.807) is 0 Å². The van der Waals surface area contributed by atoms with Gasteiger partial charge in [0.1, 0.15) is 12.4 Å². The fourth-order valence-corrected chi connectivity index (χ4v) is 0.871. The van der Waals surface area contributed by atoms with Crippen LogP contribution in [0.25, 0.3) is 0 Å². The second-order valence-corrected chi connectivity index (χ2v) is 2.81. The van der Waals surface area contributed by atoms with Crippen molar-refractivity contribution in [3.63, 3.8) is 0 Å². The zero-order valence-corrected chi connectivity index (χ0v) is 7.97. The van der Waals surface area contributed by atoms with Gasteiger partial charge < -0.3 is 4.74 Å². The predicted molar refractivity (Wildman–Crippen MR) is 49.1 cm³/mol. The van der Waals surface area contributed by atoms with Crippen LogP contribution >= 0.6 is 0 Å². The monoisotopic (exact) mass is 204 g/mol. The average molecular weight is 204 g/mol. The number of carbonyl (C=O) groups is 1. The van der Waals surface area contributed by atoms with E-state index >= 15 is 0 Å². The van der Waals surface area contributed by atoms with Gasteiger partial charge in [-0.05, 0) is 6.42 Å². The maximum Gasteiger partial charge on any atom is 0.261 e. The summed E-state index contributed by atoms with van der Waals surface area (Å²) in [6.45, 7) is -0.531. The quantitative estimate of drug-likeness (QED) is 0.446. The van der Waals surface area contributed by atoms with Crippen molar-refractivity contribution < 1.29 is 18.3 Å². The van der Waals surface area contributed by atoms with Crippen LogP contribution in [-0.4, -0.2) is 25.4 Å². The molecule has 0 aromatic heterocycles. The van der Waals surface area contributed by atoms with Crippen LogP contribution < -0.4 is 0 Å². The summed E-state index contributed by atoms with van der Waals surface area (Å²) in [6, 6.07) is 0. The summed E-state index contributed by atoms with van der Waals surface area (Å²) in [5, 5.41) is 0. The van der Waals surface area contributed by atoms with Gasteiger partial charge in [0.15, 0.2) is 0 Å². The Balaban J connectivity index is 3.23. The Morgan fingerprint density at radius 2 is 2.14 bits per heavy atom. The molecular formula is C10H14F2O2. The van der Waals surface area contributed by atoms with Crippen LogP contribution in [-0.2, 0) is 9.53 Å². The summed E-state index contributed by atoms with van der Waals surface area (Å²) in [6.07, 6.45) is 4.36.